The molecule has 1 atom stereocenters. The third kappa shape index (κ3) is 8.07. The number of carbonyl (C=O) groups excluding carboxylic acids is 1. The Kier molecular flexibility index (Phi) is 9.53. The Morgan fingerprint density at radius 2 is 1.91 bits per heavy atom. The highest BCUT2D eigenvalue weighted by Gasteiger charge is 2.45. The number of aliphatic imine (C=N–C) groups is 1. The minimum absolute atomic E-state index is 0.139. The molecule has 43 heavy (non-hydrogen) atoms. The molecule has 0 radical (unpaired) electrons. The number of aromatic nitrogens is 2. The smallest absolute Gasteiger partial charge is 0.437 e. The maximum absolute atomic E-state index is 13.3. The van der Waals surface area contributed by atoms with Crippen molar-refractivity contribution in [2.24, 2.45) is 4.99 Å². The molecule has 4 rings (SSSR count). The maximum Gasteiger partial charge on any atom is 0.437 e. The molecule has 1 amide bonds. The van der Waals surface area contributed by atoms with Crippen LogP contribution in [0.15, 0.2) is 47.7 Å². The summed E-state index contributed by atoms with van der Waals surface area (Å²) in [5.74, 6) is -0.437. The number of nitrogens with one attached hydrogen (secondary N) is 1. The normalized spacial score (nSPS) is 19.8. The van der Waals surface area contributed by atoms with Crippen molar-refractivity contribution < 1.29 is 22.7 Å². The van der Waals surface area contributed by atoms with E-state index in [-0.39, 0.29) is 11.7 Å². The number of guanidine groups is 1. The molecule has 0 saturated carbocycles. The lowest BCUT2D eigenvalue weighted by Gasteiger charge is -2.39. The summed E-state index contributed by atoms with van der Waals surface area (Å²) in [5, 5.41) is 3.55. The van der Waals surface area contributed by atoms with Crippen molar-refractivity contribution in [3.8, 4) is 21.8 Å². The predicted molar refractivity (Wildman–Crippen MR) is 176 cm³/mol. The molecule has 14 heteroatoms. The summed E-state index contributed by atoms with van der Waals surface area (Å²) in [7, 11) is -3.77. The number of hydrogen-bond acceptors (Lipinski definition) is 7. The monoisotopic (exact) mass is 665 g/mol. The van der Waals surface area contributed by atoms with Crippen LogP contribution in [0.25, 0.3) is 21.8 Å². The van der Waals surface area contributed by atoms with E-state index in [0.29, 0.717) is 23.2 Å². The Balaban J connectivity index is 1.74. The number of rotatable bonds is 8. The van der Waals surface area contributed by atoms with Gasteiger partial charge in [0.2, 0.25) is 16.0 Å². The molecule has 0 unspecified atom stereocenters. The van der Waals surface area contributed by atoms with Crippen LogP contribution in [0.1, 0.15) is 32.6 Å². The molecule has 3 heterocycles. The van der Waals surface area contributed by atoms with Gasteiger partial charge in [0, 0.05) is 27.3 Å². The van der Waals surface area contributed by atoms with Crippen LogP contribution in [0.5, 0.6) is 0 Å². The van der Waals surface area contributed by atoms with Gasteiger partial charge in [0.1, 0.15) is 12.3 Å². The zero-order chi connectivity index (χ0) is 31.8. The van der Waals surface area contributed by atoms with Gasteiger partial charge in [-0.2, -0.15) is 0 Å². The minimum atomic E-state index is -3.86. The number of imidazole rings is 1. The molecule has 1 N–H and O–H groups in total. The topological polar surface area (TPSA) is 115 Å². The third-order valence-electron chi connectivity index (χ3n) is 6.70. The molecule has 1 saturated heterocycles. The molecule has 1 aliphatic heterocycles. The number of amides is 1. The van der Waals surface area contributed by atoms with E-state index in [1.807, 2.05) is 41.0 Å². The lowest BCUT2D eigenvalue weighted by Crippen LogP contribution is -2.61. The molecule has 3 aromatic rings. The average Bonchev–Trinajstić information content (AvgIpc) is 3.47. The highest BCUT2D eigenvalue weighted by molar-refractivity contribution is 7.89. The van der Waals surface area contributed by atoms with Gasteiger partial charge in [0.25, 0.3) is 0 Å². The molecule has 1 aliphatic rings. The Morgan fingerprint density at radius 3 is 2.53 bits per heavy atom. The fourth-order valence-corrected chi connectivity index (χ4v) is 8.54. The Labute approximate surface area is 264 Å². The highest BCUT2D eigenvalue weighted by atomic mass is 35.5. The van der Waals surface area contributed by atoms with Gasteiger partial charge in [0.15, 0.2) is 0 Å². The summed E-state index contributed by atoms with van der Waals surface area (Å²) >= 11 is 8.22. The van der Waals surface area contributed by atoms with Gasteiger partial charge < -0.3 is 19.4 Å². The number of halogens is 1. The second kappa shape index (κ2) is 12.4. The van der Waals surface area contributed by atoms with Crippen LogP contribution in [0.4, 0.5) is 4.79 Å². The van der Waals surface area contributed by atoms with Crippen molar-refractivity contribution in [1.82, 2.24) is 19.2 Å². The molecule has 1 fully saturated rings. The van der Waals surface area contributed by atoms with E-state index in [9.17, 15) is 13.2 Å². The van der Waals surface area contributed by atoms with Gasteiger partial charge in [-0.25, -0.2) is 22.5 Å². The van der Waals surface area contributed by atoms with Gasteiger partial charge in [-0.15, -0.1) is 16.3 Å². The second-order valence-electron chi connectivity index (χ2n) is 13.0. The van der Waals surface area contributed by atoms with E-state index < -0.39 is 35.3 Å². The second-order valence-corrected chi connectivity index (χ2v) is 22.1. The fraction of sp³-hybridized carbons (Fsp3) is 0.483. The standard InChI is InChI=1S/C29H40ClN5O5S2Si/c1-28(2,3)40-27(36)32-26-33-29(4,17-42(37,38)34(26)5)25-21(30)16-22(41-25)24-23(20-12-10-9-11-13-20)31-18-35(24)19-39-14-15-43(6,7)8/h9-13,16,18H,14-15,17,19H2,1-8H3,(H,32,33,36)/t29-/m0/s1. The quantitative estimate of drug-likeness (QED) is 0.213. The molecule has 1 aromatic carbocycles. The predicted octanol–water partition coefficient (Wildman–Crippen LogP) is 6.62. The summed E-state index contributed by atoms with van der Waals surface area (Å²) in [6.07, 6.45) is 0.857. The van der Waals surface area contributed by atoms with Gasteiger partial charge >= 0.3 is 6.09 Å². The van der Waals surface area contributed by atoms with Gasteiger partial charge in [-0.05, 0) is 39.8 Å². The number of carbonyl (C=O) groups is 1. The molecule has 0 bridgehead atoms. The third-order valence-corrected chi connectivity index (χ3v) is 12.2. The van der Waals surface area contributed by atoms with Crippen molar-refractivity contribution in [3.63, 3.8) is 0 Å². The van der Waals surface area contributed by atoms with Gasteiger partial charge in [0.05, 0.1) is 43.8 Å². The minimum Gasteiger partial charge on any atom is -0.442 e. The lowest BCUT2D eigenvalue weighted by atomic mass is 10.0. The molecule has 10 nitrogen and oxygen atoms in total. The molecule has 0 aliphatic carbocycles. The average molecular weight is 666 g/mol. The van der Waals surface area contributed by atoms with E-state index in [1.54, 1.807) is 34.0 Å². The van der Waals surface area contributed by atoms with Crippen LogP contribution < -0.4 is 5.32 Å². The summed E-state index contributed by atoms with van der Waals surface area (Å²) in [6.45, 7) is 14.8. The first kappa shape index (κ1) is 33.2. The zero-order valence-corrected chi connectivity index (χ0v) is 29.3. The SMILES string of the molecule is CN1/C(=N/C(=O)OC(C)(C)C)N[C@](C)(c2sc(-c3c(-c4ccccc4)ncn3COCC[Si](C)(C)C)cc2Cl)CS1(=O)=O. The van der Waals surface area contributed by atoms with E-state index in [1.165, 1.54) is 18.4 Å². The first-order chi connectivity index (χ1) is 19.9. The van der Waals surface area contributed by atoms with Crippen molar-refractivity contribution in [1.29, 1.82) is 0 Å². The summed E-state index contributed by atoms with van der Waals surface area (Å²) in [4.78, 5) is 22.6. The van der Waals surface area contributed by atoms with Gasteiger partial charge in [-0.1, -0.05) is 61.6 Å². The Morgan fingerprint density at radius 1 is 1.23 bits per heavy atom. The first-order valence-corrected chi connectivity index (χ1v) is 20.4. The van der Waals surface area contributed by atoms with Crippen LogP contribution in [0.3, 0.4) is 0 Å². The number of sulfonamides is 1. The number of benzene rings is 1. The van der Waals surface area contributed by atoms with Crippen LogP contribution in [0, 0.1) is 0 Å². The largest absolute Gasteiger partial charge is 0.442 e. The zero-order valence-electron chi connectivity index (χ0n) is 25.9. The Bertz CT molecular complexity index is 1610. The van der Waals surface area contributed by atoms with E-state index in [0.717, 1.165) is 32.2 Å². The maximum atomic E-state index is 13.3. The van der Waals surface area contributed by atoms with Crippen LogP contribution in [-0.2, 0) is 31.8 Å². The van der Waals surface area contributed by atoms with E-state index in [4.69, 9.17) is 26.1 Å². The number of thiophene rings is 1. The van der Waals surface area contributed by atoms with Crippen LogP contribution in [0.2, 0.25) is 30.7 Å². The van der Waals surface area contributed by atoms with Crippen LogP contribution >= 0.6 is 22.9 Å². The summed E-state index contributed by atoms with van der Waals surface area (Å²) < 4.78 is 40.9. The number of ether oxygens (including phenoxy) is 2. The molecular weight excluding hydrogens is 626 g/mol. The molecule has 0 spiro atoms. The molecule has 234 valence electrons. The van der Waals surface area contributed by atoms with E-state index >= 15 is 0 Å². The van der Waals surface area contributed by atoms with Gasteiger partial charge in [-0.3, -0.25) is 0 Å². The fourth-order valence-electron chi connectivity index (χ4n) is 4.50. The van der Waals surface area contributed by atoms with Crippen molar-refractivity contribution in [2.75, 3.05) is 19.4 Å². The first-order valence-electron chi connectivity index (χ1n) is 13.9. The lowest BCUT2D eigenvalue weighted by molar-refractivity contribution is 0.0602. The summed E-state index contributed by atoms with van der Waals surface area (Å²) in [6, 6.07) is 12.7. The van der Waals surface area contributed by atoms with Crippen molar-refractivity contribution >= 4 is 53.1 Å². The Hall–Kier alpha value is -2.71. The van der Waals surface area contributed by atoms with Crippen LogP contribution in [-0.4, -0.2) is 67.4 Å². The molecule has 2 aromatic heterocycles. The number of nitrogens with zero attached hydrogens (tertiary/aromatic N) is 4. The van der Waals surface area contributed by atoms with E-state index in [2.05, 4.69) is 30.0 Å². The van der Waals surface area contributed by atoms with Crippen molar-refractivity contribution in [2.45, 2.75) is 71.3 Å². The highest BCUT2D eigenvalue weighted by Crippen LogP contribution is 2.44. The van der Waals surface area contributed by atoms with Crippen molar-refractivity contribution in [3.05, 3.63) is 52.6 Å². The number of hydrogen-bond donors (Lipinski definition) is 1. The molecular formula is C29H40ClN5O5S2Si. The summed E-state index contributed by atoms with van der Waals surface area (Å²) in [5.41, 5.74) is 0.542.